The number of rotatable bonds is 3. The van der Waals surface area contributed by atoms with Crippen molar-refractivity contribution >= 4 is 17.3 Å². The molecule has 4 heteroatoms. The van der Waals surface area contributed by atoms with Crippen LogP contribution in [0.3, 0.4) is 0 Å². The monoisotopic (exact) mass is 262 g/mol. The molecule has 0 saturated carbocycles. The Bertz CT molecular complexity index is 477. The highest BCUT2D eigenvalue weighted by atomic mass is 16.4. The van der Waals surface area contributed by atoms with Gasteiger partial charge in [-0.1, -0.05) is 20.3 Å². The number of carboxylic acid groups (broad SMARTS) is 1. The van der Waals surface area contributed by atoms with Gasteiger partial charge in [0.15, 0.2) is 0 Å². The van der Waals surface area contributed by atoms with E-state index in [0.29, 0.717) is 16.7 Å². The van der Waals surface area contributed by atoms with E-state index in [1.807, 2.05) is 0 Å². The first-order valence-electron chi connectivity index (χ1n) is 6.83. The number of hydrogen-bond donors (Lipinski definition) is 2. The van der Waals surface area contributed by atoms with Crippen molar-refractivity contribution in [1.82, 2.24) is 0 Å². The minimum atomic E-state index is -0.906. The van der Waals surface area contributed by atoms with Crippen LogP contribution >= 0.6 is 0 Å². The first kappa shape index (κ1) is 13.7. The maximum absolute atomic E-state index is 11.0. The Morgan fingerprint density at radius 2 is 2.05 bits per heavy atom. The predicted molar refractivity (Wildman–Crippen MR) is 77.7 cm³/mol. The minimum absolute atomic E-state index is 0.299. The fourth-order valence-electron chi connectivity index (χ4n) is 2.59. The van der Waals surface area contributed by atoms with Crippen LogP contribution in [0, 0.1) is 5.41 Å². The molecule has 0 amide bonds. The van der Waals surface area contributed by atoms with E-state index in [9.17, 15) is 4.79 Å². The molecule has 0 radical (unpaired) electrons. The quantitative estimate of drug-likeness (QED) is 0.822. The number of piperidine rings is 1. The molecule has 0 bridgehead atoms. The fraction of sp³-hybridized carbons (Fsp3) is 0.533. The second-order valence-corrected chi connectivity index (χ2v) is 5.73. The third kappa shape index (κ3) is 2.83. The van der Waals surface area contributed by atoms with Crippen molar-refractivity contribution in [2.75, 3.05) is 23.7 Å². The summed E-state index contributed by atoms with van der Waals surface area (Å²) in [4.78, 5) is 13.2. The number of anilines is 2. The first-order chi connectivity index (χ1) is 8.95. The Morgan fingerprint density at radius 1 is 1.42 bits per heavy atom. The highest BCUT2D eigenvalue weighted by molar-refractivity contribution is 5.90. The zero-order valence-corrected chi connectivity index (χ0v) is 11.6. The lowest BCUT2D eigenvalue weighted by Crippen LogP contribution is -2.38. The largest absolute Gasteiger partial charge is 0.478 e. The third-order valence-electron chi connectivity index (χ3n) is 4.44. The van der Waals surface area contributed by atoms with Crippen molar-refractivity contribution in [1.29, 1.82) is 0 Å². The van der Waals surface area contributed by atoms with Crippen LogP contribution in [0.4, 0.5) is 11.4 Å². The van der Waals surface area contributed by atoms with Crippen LogP contribution in [0.5, 0.6) is 0 Å². The lowest BCUT2D eigenvalue weighted by molar-refractivity contribution is 0.0697. The molecular formula is C15H22N2O2. The SMILES string of the molecule is CCC1(C)CCN(c2cc(C(=O)O)ccc2N)CC1. The van der Waals surface area contributed by atoms with Crippen LogP contribution in [0.2, 0.25) is 0 Å². The van der Waals surface area contributed by atoms with E-state index in [2.05, 4.69) is 18.7 Å². The molecule has 1 aromatic carbocycles. The number of benzene rings is 1. The van der Waals surface area contributed by atoms with Crippen LogP contribution < -0.4 is 10.6 Å². The zero-order valence-electron chi connectivity index (χ0n) is 11.6. The maximum atomic E-state index is 11.0. The summed E-state index contributed by atoms with van der Waals surface area (Å²) in [5, 5.41) is 9.06. The molecule has 0 spiro atoms. The highest BCUT2D eigenvalue weighted by Crippen LogP contribution is 2.37. The fourth-order valence-corrected chi connectivity index (χ4v) is 2.59. The highest BCUT2D eigenvalue weighted by Gasteiger charge is 2.29. The Morgan fingerprint density at radius 3 is 2.58 bits per heavy atom. The smallest absolute Gasteiger partial charge is 0.335 e. The van der Waals surface area contributed by atoms with Crippen LogP contribution in [0.25, 0.3) is 0 Å². The van der Waals surface area contributed by atoms with E-state index in [1.165, 1.54) is 6.42 Å². The normalized spacial score (nSPS) is 18.3. The van der Waals surface area contributed by atoms with E-state index in [0.717, 1.165) is 31.6 Å². The first-order valence-corrected chi connectivity index (χ1v) is 6.83. The van der Waals surface area contributed by atoms with Gasteiger partial charge >= 0.3 is 5.97 Å². The van der Waals surface area contributed by atoms with Gasteiger partial charge in [0.2, 0.25) is 0 Å². The Labute approximate surface area is 114 Å². The van der Waals surface area contributed by atoms with Gasteiger partial charge in [-0.3, -0.25) is 0 Å². The summed E-state index contributed by atoms with van der Waals surface area (Å²) in [6.07, 6.45) is 3.44. The summed E-state index contributed by atoms with van der Waals surface area (Å²) in [5.41, 5.74) is 8.21. The van der Waals surface area contributed by atoms with E-state index >= 15 is 0 Å². The lowest BCUT2D eigenvalue weighted by Gasteiger charge is -2.40. The lowest BCUT2D eigenvalue weighted by atomic mass is 9.78. The van der Waals surface area contributed by atoms with Crippen molar-refractivity contribution in [2.24, 2.45) is 5.41 Å². The van der Waals surface area contributed by atoms with E-state index < -0.39 is 5.97 Å². The predicted octanol–water partition coefficient (Wildman–Crippen LogP) is 2.98. The van der Waals surface area contributed by atoms with Crippen molar-refractivity contribution in [3.05, 3.63) is 23.8 Å². The Balaban J connectivity index is 2.19. The molecule has 1 fully saturated rings. The number of nitrogen functional groups attached to an aromatic ring is 1. The molecule has 1 aromatic rings. The number of nitrogens with two attached hydrogens (primary N) is 1. The van der Waals surface area contributed by atoms with Gasteiger partial charge in [0.1, 0.15) is 0 Å². The molecule has 104 valence electrons. The van der Waals surface area contributed by atoms with Crippen molar-refractivity contribution in [3.63, 3.8) is 0 Å². The van der Waals surface area contributed by atoms with Gasteiger partial charge in [-0.25, -0.2) is 4.79 Å². The van der Waals surface area contributed by atoms with Gasteiger partial charge in [-0.15, -0.1) is 0 Å². The van der Waals surface area contributed by atoms with Gasteiger partial charge in [-0.05, 0) is 36.5 Å². The van der Waals surface area contributed by atoms with Crippen molar-refractivity contribution in [3.8, 4) is 0 Å². The molecule has 1 heterocycles. The van der Waals surface area contributed by atoms with E-state index in [1.54, 1.807) is 18.2 Å². The summed E-state index contributed by atoms with van der Waals surface area (Å²) in [5.74, 6) is -0.906. The van der Waals surface area contributed by atoms with Crippen molar-refractivity contribution < 1.29 is 9.90 Å². The van der Waals surface area contributed by atoms with E-state index in [4.69, 9.17) is 10.8 Å². The van der Waals surface area contributed by atoms with Gasteiger partial charge in [-0.2, -0.15) is 0 Å². The van der Waals surface area contributed by atoms with Gasteiger partial charge in [0, 0.05) is 13.1 Å². The summed E-state index contributed by atoms with van der Waals surface area (Å²) in [6.45, 7) is 6.44. The summed E-state index contributed by atoms with van der Waals surface area (Å²) < 4.78 is 0. The van der Waals surface area contributed by atoms with E-state index in [-0.39, 0.29) is 0 Å². The molecule has 0 unspecified atom stereocenters. The molecule has 1 aliphatic heterocycles. The molecule has 2 rings (SSSR count). The second-order valence-electron chi connectivity index (χ2n) is 5.73. The number of nitrogens with zero attached hydrogens (tertiary/aromatic N) is 1. The molecule has 19 heavy (non-hydrogen) atoms. The average molecular weight is 262 g/mol. The molecular weight excluding hydrogens is 240 g/mol. The zero-order chi connectivity index (χ0) is 14.0. The molecule has 0 atom stereocenters. The summed E-state index contributed by atoms with van der Waals surface area (Å²) >= 11 is 0. The molecule has 1 aliphatic rings. The molecule has 4 nitrogen and oxygen atoms in total. The van der Waals surface area contributed by atoms with Gasteiger partial charge < -0.3 is 15.7 Å². The number of carbonyl (C=O) groups is 1. The third-order valence-corrected chi connectivity index (χ3v) is 4.44. The Hall–Kier alpha value is -1.71. The van der Waals surface area contributed by atoms with Gasteiger partial charge in [0.05, 0.1) is 16.9 Å². The second kappa shape index (κ2) is 5.11. The van der Waals surface area contributed by atoms with Crippen LogP contribution in [-0.2, 0) is 0 Å². The minimum Gasteiger partial charge on any atom is -0.478 e. The van der Waals surface area contributed by atoms with Gasteiger partial charge in [0.25, 0.3) is 0 Å². The van der Waals surface area contributed by atoms with Crippen LogP contribution in [0.15, 0.2) is 18.2 Å². The van der Waals surface area contributed by atoms with Crippen LogP contribution in [-0.4, -0.2) is 24.2 Å². The summed E-state index contributed by atoms with van der Waals surface area (Å²) in [6, 6.07) is 4.93. The number of carboxylic acids is 1. The number of aromatic carboxylic acids is 1. The molecule has 3 N–H and O–H groups in total. The standard InChI is InChI=1S/C15H22N2O2/c1-3-15(2)6-8-17(9-7-15)13-10-11(14(18)19)4-5-12(13)16/h4-5,10H,3,6-9,16H2,1-2H3,(H,18,19). The Kier molecular flexibility index (Phi) is 3.69. The average Bonchev–Trinajstić information content (AvgIpc) is 2.40. The topological polar surface area (TPSA) is 66.6 Å². The molecule has 0 aliphatic carbocycles. The number of hydrogen-bond acceptors (Lipinski definition) is 3. The maximum Gasteiger partial charge on any atom is 0.335 e. The molecule has 0 aromatic heterocycles. The summed E-state index contributed by atoms with van der Waals surface area (Å²) in [7, 11) is 0. The van der Waals surface area contributed by atoms with Crippen molar-refractivity contribution in [2.45, 2.75) is 33.1 Å². The molecule has 1 saturated heterocycles. The van der Waals surface area contributed by atoms with Crippen LogP contribution in [0.1, 0.15) is 43.5 Å².